The number of aryl methyl sites for hydroxylation is 1. The van der Waals surface area contributed by atoms with Crippen LogP contribution in [0.1, 0.15) is 37.7 Å². The van der Waals surface area contributed by atoms with Crippen molar-refractivity contribution in [3.63, 3.8) is 0 Å². The molecule has 2 amide bonds. The second-order valence-corrected chi connectivity index (χ2v) is 7.92. The molecule has 0 spiro atoms. The number of unbranched alkanes of at least 4 members (excludes halogenated alkanes) is 1. The quantitative estimate of drug-likeness (QED) is 0.565. The Balaban J connectivity index is 1.22. The summed E-state index contributed by atoms with van der Waals surface area (Å²) >= 11 is 0. The topological polar surface area (TPSA) is 53.1 Å². The van der Waals surface area contributed by atoms with E-state index in [-0.39, 0.29) is 24.1 Å². The fourth-order valence-corrected chi connectivity index (χ4v) is 4.49. The third-order valence-corrected chi connectivity index (χ3v) is 6.08. The van der Waals surface area contributed by atoms with Crippen LogP contribution in [0, 0.1) is 0 Å². The number of amides is 2. The summed E-state index contributed by atoms with van der Waals surface area (Å²) in [5.74, 6) is 0.981. The highest BCUT2D eigenvalue weighted by Crippen LogP contribution is 2.28. The van der Waals surface area contributed by atoms with Gasteiger partial charge in [0.2, 0.25) is 11.8 Å². The van der Waals surface area contributed by atoms with Gasteiger partial charge < -0.3 is 4.74 Å². The molecule has 0 saturated carbocycles. The van der Waals surface area contributed by atoms with Crippen molar-refractivity contribution >= 4 is 11.8 Å². The van der Waals surface area contributed by atoms with Gasteiger partial charge in [-0.25, -0.2) is 0 Å². The lowest BCUT2D eigenvalue weighted by molar-refractivity contribution is -0.154. The lowest BCUT2D eigenvalue weighted by Gasteiger charge is -2.35. The van der Waals surface area contributed by atoms with Crippen molar-refractivity contribution in [2.75, 3.05) is 33.2 Å². The number of nitrogens with zero attached hydrogens (tertiary/aromatic N) is 3. The molecule has 2 unspecified atom stereocenters. The van der Waals surface area contributed by atoms with Crippen LogP contribution in [-0.4, -0.2) is 72.0 Å². The molecule has 0 aromatic heterocycles. The minimum atomic E-state index is -0.0546. The third kappa shape index (κ3) is 3.87. The van der Waals surface area contributed by atoms with Crippen LogP contribution in [0.3, 0.4) is 0 Å². The number of hydrogen-bond donors (Lipinski definition) is 0. The third-order valence-electron chi connectivity index (χ3n) is 6.08. The van der Waals surface area contributed by atoms with Gasteiger partial charge in [0.25, 0.3) is 0 Å². The van der Waals surface area contributed by atoms with E-state index in [9.17, 15) is 9.59 Å². The zero-order valence-electron chi connectivity index (χ0n) is 16.1. The molecule has 3 heterocycles. The molecule has 27 heavy (non-hydrogen) atoms. The number of hydrogen-bond acceptors (Lipinski definition) is 5. The SMILES string of the molecule is CN(CCCCN1C(=O)CN2CCCC2C1=O)C1CCc2ccccc2O1. The van der Waals surface area contributed by atoms with E-state index in [2.05, 4.69) is 24.1 Å². The maximum Gasteiger partial charge on any atom is 0.246 e. The Hall–Kier alpha value is -1.92. The molecule has 2 fully saturated rings. The minimum Gasteiger partial charge on any atom is -0.475 e. The van der Waals surface area contributed by atoms with E-state index in [1.54, 1.807) is 0 Å². The first kappa shape index (κ1) is 18.4. The van der Waals surface area contributed by atoms with Gasteiger partial charge in [0.1, 0.15) is 5.75 Å². The fourth-order valence-electron chi connectivity index (χ4n) is 4.49. The average molecular weight is 371 g/mol. The van der Waals surface area contributed by atoms with E-state index < -0.39 is 0 Å². The Morgan fingerprint density at radius 3 is 2.93 bits per heavy atom. The standard InChI is InChI=1S/C21H29N3O3/c1-22(20-11-10-16-7-2-3-9-18(16)27-20)12-4-5-14-24-19(25)15-23-13-6-8-17(23)21(24)26/h2-3,7,9,17,20H,4-6,8,10-15H2,1H3. The second kappa shape index (κ2) is 7.98. The predicted molar refractivity (Wildman–Crippen MR) is 102 cm³/mol. The summed E-state index contributed by atoms with van der Waals surface area (Å²) in [7, 11) is 2.09. The van der Waals surface area contributed by atoms with Crippen molar-refractivity contribution in [1.29, 1.82) is 0 Å². The fraction of sp³-hybridized carbons (Fsp3) is 0.619. The van der Waals surface area contributed by atoms with Crippen molar-refractivity contribution in [3.05, 3.63) is 29.8 Å². The molecule has 1 aromatic rings. The van der Waals surface area contributed by atoms with Gasteiger partial charge in [-0.1, -0.05) is 18.2 Å². The van der Waals surface area contributed by atoms with Gasteiger partial charge in [0, 0.05) is 19.5 Å². The zero-order chi connectivity index (χ0) is 18.8. The first-order chi connectivity index (χ1) is 13.1. The van der Waals surface area contributed by atoms with Crippen LogP contribution in [0.25, 0.3) is 0 Å². The van der Waals surface area contributed by atoms with Crippen LogP contribution >= 0.6 is 0 Å². The lowest BCUT2D eigenvalue weighted by Crippen LogP contribution is -2.57. The van der Waals surface area contributed by atoms with Crippen LogP contribution in [0.5, 0.6) is 5.75 Å². The van der Waals surface area contributed by atoms with Crippen molar-refractivity contribution < 1.29 is 14.3 Å². The number of piperazine rings is 1. The number of carbonyl (C=O) groups is 2. The molecule has 2 atom stereocenters. The van der Waals surface area contributed by atoms with Gasteiger partial charge in [0.15, 0.2) is 6.23 Å². The number of rotatable bonds is 6. The van der Waals surface area contributed by atoms with Crippen LogP contribution in [0.4, 0.5) is 0 Å². The molecule has 0 N–H and O–H groups in total. The molecule has 146 valence electrons. The van der Waals surface area contributed by atoms with Crippen molar-refractivity contribution in [1.82, 2.24) is 14.7 Å². The minimum absolute atomic E-state index is 0.0179. The number of para-hydroxylation sites is 1. The molecular formula is C21H29N3O3. The van der Waals surface area contributed by atoms with Crippen molar-refractivity contribution in [2.24, 2.45) is 0 Å². The Morgan fingerprint density at radius 2 is 2.04 bits per heavy atom. The Kier molecular flexibility index (Phi) is 5.45. The van der Waals surface area contributed by atoms with Crippen LogP contribution in [0.2, 0.25) is 0 Å². The monoisotopic (exact) mass is 371 g/mol. The van der Waals surface area contributed by atoms with Crippen LogP contribution < -0.4 is 4.74 Å². The molecule has 2 saturated heterocycles. The molecule has 0 radical (unpaired) electrons. The molecular weight excluding hydrogens is 342 g/mol. The Labute approximate surface area is 161 Å². The summed E-state index contributed by atoms with van der Waals surface area (Å²) < 4.78 is 6.12. The van der Waals surface area contributed by atoms with E-state index in [1.807, 2.05) is 17.0 Å². The number of imide groups is 1. The summed E-state index contributed by atoms with van der Waals surface area (Å²) in [6, 6.07) is 8.18. The summed E-state index contributed by atoms with van der Waals surface area (Å²) in [6.07, 6.45) is 5.85. The molecule has 6 nitrogen and oxygen atoms in total. The predicted octanol–water partition coefficient (Wildman–Crippen LogP) is 1.88. The van der Waals surface area contributed by atoms with Gasteiger partial charge in [-0.2, -0.15) is 0 Å². The van der Waals surface area contributed by atoms with E-state index in [1.165, 1.54) is 10.5 Å². The Bertz CT molecular complexity index is 708. The lowest BCUT2D eigenvalue weighted by atomic mass is 10.0. The largest absolute Gasteiger partial charge is 0.475 e. The molecule has 4 rings (SSSR count). The summed E-state index contributed by atoms with van der Waals surface area (Å²) in [5, 5.41) is 0. The number of benzene rings is 1. The van der Waals surface area contributed by atoms with Crippen molar-refractivity contribution in [2.45, 2.75) is 50.8 Å². The first-order valence-corrected chi connectivity index (χ1v) is 10.2. The Morgan fingerprint density at radius 1 is 1.19 bits per heavy atom. The summed E-state index contributed by atoms with van der Waals surface area (Å²) in [6.45, 7) is 2.74. The average Bonchev–Trinajstić information content (AvgIpc) is 3.15. The van der Waals surface area contributed by atoms with E-state index in [0.29, 0.717) is 13.1 Å². The highest BCUT2D eigenvalue weighted by atomic mass is 16.5. The highest BCUT2D eigenvalue weighted by molar-refractivity contribution is 6.01. The molecule has 6 heteroatoms. The molecule has 0 bridgehead atoms. The molecule has 3 aliphatic rings. The normalized spacial score (nSPS) is 25.5. The highest BCUT2D eigenvalue weighted by Gasteiger charge is 2.41. The number of carbonyl (C=O) groups excluding carboxylic acids is 2. The molecule has 0 aliphatic carbocycles. The van der Waals surface area contributed by atoms with Crippen LogP contribution in [0.15, 0.2) is 24.3 Å². The summed E-state index contributed by atoms with van der Waals surface area (Å²) in [4.78, 5) is 30.6. The van der Waals surface area contributed by atoms with E-state index >= 15 is 0 Å². The van der Waals surface area contributed by atoms with Gasteiger partial charge >= 0.3 is 0 Å². The molecule has 1 aromatic carbocycles. The van der Waals surface area contributed by atoms with Gasteiger partial charge in [0.05, 0.1) is 12.6 Å². The van der Waals surface area contributed by atoms with Gasteiger partial charge in [-0.3, -0.25) is 24.3 Å². The summed E-state index contributed by atoms with van der Waals surface area (Å²) in [5.41, 5.74) is 1.28. The van der Waals surface area contributed by atoms with Crippen LogP contribution in [-0.2, 0) is 16.0 Å². The zero-order valence-corrected chi connectivity index (χ0v) is 16.1. The maximum atomic E-state index is 12.5. The number of ether oxygens (including phenoxy) is 1. The van der Waals surface area contributed by atoms with Gasteiger partial charge in [-0.15, -0.1) is 0 Å². The van der Waals surface area contributed by atoms with E-state index in [0.717, 1.165) is 57.4 Å². The second-order valence-electron chi connectivity index (χ2n) is 7.92. The van der Waals surface area contributed by atoms with Crippen molar-refractivity contribution in [3.8, 4) is 5.75 Å². The number of fused-ring (bicyclic) bond motifs is 2. The maximum absolute atomic E-state index is 12.5. The van der Waals surface area contributed by atoms with Gasteiger partial charge in [-0.05, 0) is 57.3 Å². The molecule has 3 aliphatic heterocycles. The smallest absolute Gasteiger partial charge is 0.246 e. The van der Waals surface area contributed by atoms with E-state index in [4.69, 9.17) is 4.74 Å². The first-order valence-electron chi connectivity index (χ1n) is 10.2.